The van der Waals surface area contributed by atoms with Crippen molar-refractivity contribution in [3.8, 4) is 0 Å². The molecule has 102 valence electrons. The van der Waals surface area contributed by atoms with Crippen molar-refractivity contribution < 1.29 is 13.2 Å². The Labute approximate surface area is 110 Å². The van der Waals surface area contributed by atoms with Gasteiger partial charge in [-0.15, -0.1) is 11.6 Å². The lowest BCUT2D eigenvalue weighted by Gasteiger charge is -2.24. The van der Waals surface area contributed by atoms with E-state index < -0.39 is 11.7 Å². The second-order valence-electron chi connectivity index (χ2n) is 4.88. The zero-order valence-electron chi connectivity index (χ0n) is 10.3. The van der Waals surface area contributed by atoms with Crippen molar-refractivity contribution in [3.05, 3.63) is 23.9 Å². The number of alkyl halides is 4. The molecule has 0 atom stereocenters. The number of anilines is 1. The zero-order valence-corrected chi connectivity index (χ0v) is 11.1. The zero-order chi connectivity index (χ0) is 13.8. The fourth-order valence-corrected chi connectivity index (χ4v) is 1.89. The summed E-state index contributed by atoms with van der Waals surface area (Å²) in [7, 11) is 0. The third kappa shape index (κ3) is 4.72. The average Bonchev–Trinajstić information content (AvgIpc) is 2.26. The Morgan fingerprint density at radius 2 is 2.00 bits per heavy atom. The van der Waals surface area contributed by atoms with Gasteiger partial charge in [0.1, 0.15) is 5.82 Å². The second kappa shape index (κ2) is 5.78. The van der Waals surface area contributed by atoms with Crippen molar-refractivity contribution in [1.82, 2.24) is 4.98 Å². The highest BCUT2D eigenvalue weighted by Crippen LogP contribution is 2.30. The molecule has 1 N–H and O–H groups in total. The van der Waals surface area contributed by atoms with E-state index in [0.29, 0.717) is 12.4 Å². The molecule has 0 aliphatic rings. The number of rotatable bonds is 5. The van der Waals surface area contributed by atoms with E-state index in [4.69, 9.17) is 11.6 Å². The molecule has 0 bridgehead atoms. The van der Waals surface area contributed by atoms with Crippen LogP contribution in [-0.2, 0) is 6.18 Å². The van der Waals surface area contributed by atoms with E-state index in [1.54, 1.807) is 0 Å². The lowest BCUT2D eigenvalue weighted by molar-refractivity contribution is -0.137. The summed E-state index contributed by atoms with van der Waals surface area (Å²) < 4.78 is 37.5. The molecule has 2 nitrogen and oxygen atoms in total. The van der Waals surface area contributed by atoms with Crippen LogP contribution >= 0.6 is 11.6 Å². The largest absolute Gasteiger partial charge is 0.416 e. The number of nitrogens with one attached hydrogen (secondary N) is 1. The summed E-state index contributed by atoms with van der Waals surface area (Å²) >= 11 is 5.66. The van der Waals surface area contributed by atoms with Crippen LogP contribution in [0.4, 0.5) is 19.0 Å². The van der Waals surface area contributed by atoms with Gasteiger partial charge in [0.15, 0.2) is 0 Å². The minimum atomic E-state index is -4.34. The predicted octanol–water partition coefficient (Wildman–Crippen LogP) is 4.17. The summed E-state index contributed by atoms with van der Waals surface area (Å²) in [6, 6.07) is 1.96. The molecule has 1 heterocycles. The standard InChI is InChI=1S/C12H16ClF3N2/c1-11(2,4-5-13)8-18-10-7-9(3-6-17-10)12(14,15)16/h3,6-7H,4-5,8H2,1-2H3,(H,17,18). The summed E-state index contributed by atoms with van der Waals surface area (Å²) in [4.78, 5) is 3.87. The molecule has 0 radical (unpaired) electrons. The van der Waals surface area contributed by atoms with Crippen LogP contribution in [0, 0.1) is 5.41 Å². The summed E-state index contributed by atoms with van der Waals surface area (Å²) in [5.41, 5.74) is -0.785. The van der Waals surface area contributed by atoms with Gasteiger partial charge >= 0.3 is 6.18 Å². The first kappa shape index (κ1) is 15.1. The predicted molar refractivity (Wildman–Crippen MR) is 66.8 cm³/mol. The molecule has 0 unspecified atom stereocenters. The molecular formula is C12H16ClF3N2. The molecule has 0 aliphatic carbocycles. The van der Waals surface area contributed by atoms with Crippen LogP contribution in [0.1, 0.15) is 25.8 Å². The average molecular weight is 281 g/mol. The molecule has 0 spiro atoms. The van der Waals surface area contributed by atoms with Crippen LogP contribution in [-0.4, -0.2) is 17.4 Å². The van der Waals surface area contributed by atoms with E-state index >= 15 is 0 Å². The van der Waals surface area contributed by atoms with Gasteiger partial charge in [0, 0.05) is 18.6 Å². The van der Waals surface area contributed by atoms with E-state index in [-0.39, 0.29) is 11.2 Å². The second-order valence-corrected chi connectivity index (χ2v) is 5.26. The van der Waals surface area contributed by atoms with Crippen molar-refractivity contribution in [2.24, 2.45) is 5.41 Å². The molecule has 0 amide bonds. The van der Waals surface area contributed by atoms with Crippen LogP contribution < -0.4 is 5.32 Å². The Morgan fingerprint density at radius 1 is 1.33 bits per heavy atom. The SMILES string of the molecule is CC(C)(CCCl)CNc1cc(C(F)(F)F)ccn1. The fourth-order valence-electron chi connectivity index (χ4n) is 1.38. The number of hydrogen-bond donors (Lipinski definition) is 1. The van der Waals surface area contributed by atoms with Gasteiger partial charge in [-0.1, -0.05) is 13.8 Å². The first-order valence-corrected chi connectivity index (χ1v) is 6.11. The first-order chi connectivity index (χ1) is 8.24. The first-order valence-electron chi connectivity index (χ1n) is 5.58. The quantitative estimate of drug-likeness (QED) is 0.819. The Kier molecular flexibility index (Phi) is 4.85. The van der Waals surface area contributed by atoms with Crippen LogP contribution in [0.25, 0.3) is 0 Å². The van der Waals surface area contributed by atoms with Gasteiger partial charge in [-0.05, 0) is 24.0 Å². The molecule has 1 aromatic rings. The third-order valence-electron chi connectivity index (χ3n) is 2.61. The molecule has 18 heavy (non-hydrogen) atoms. The van der Waals surface area contributed by atoms with Gasteiger partial charge < -0.3 is 5.32 Å². The van der Waals surface area contributed by atoms with Gasteiger partial charge in [0.05, 0.1) is 5.56 Å². The maximum Gasteiger partial charge on any atom is 0.416 e. The normalized spacial score (nSPS) is 12.6. The Bertz CT molecular complexity index is 391. The maximum absolute atomic E-state index is 12.5. The number of hydrogen-bond acceptors (Lipinski definition) is 2. The van der Waals surface area contributed by atoms with Crippen molar-refractivity contribution in [2.45, 2.75) is 26.4 Å². The highest BCUT2D eigenvalue weighted by Gasteiger charge is 2.30. The fraction of sp³-hybridized carbons (Fsp3) is 0.583. The van der Waals surface area contributed by atoms with Crippen LogP contribution in [0.5, 0.6) is 0 Å². The van der Waals surface area contributed by atoms with Crippen molar-refractivity contribution >= 4 is 17.4 Å². The van der Waals surface area contributed by atoms with E-state index in [9.17, 15) is 13.2 Å². The smallest absolute Gasteiger partial charge is 0.370 e. The van der Waals surface area contributed by atoms with E-state index in [0.717, 1.165) is 24.8 Å². The highest BCUT2D eigenvalue weighted by molar-refractivity contribution is 6.17. The molecule has 1 rings (SSSR count). The lowest BCUT2D eigenvalue weighted by Crippen LogP contribution is -2.24. The topological polar surface area (TPSA) is 24.9 Å². The molecule has 0 aliphatic heterocycles. The molecule has 6 heteroatoms. The third-order valence-corrected chi connectivity index (χ3v) is 2.80. The summed E-state index contributed by atoms with van der Waals surface area (Å²) in [6.07, 6.45) is -2.41. The molecular weight excluding hydrogens is 265 g/mol. The monoisotopic (exact) mass is 280 g/mol. The highest BCUT2D eigenvalue weighted by atomic mass is 35.5. The number of aromatic nitrogens is 1. The molecule has 0 saturated heterocycles. The van der Waals surface area contributed by atoms with Gasteiger partial charge in [-0.25, -0.2) is 4.98 Å². The van der Waals surface area contributed by atoms with Gasteiger partial charge in [0.2, 0.25) is 0 Å². The minimum Gasteiger partial charge on any atom is -0.370 e. The Morgan fingerprint density at radius 3 is 2.56 bits per heavy atom. The maximum atomic E-state index is 12.5. The van der Waals surface area contributed by atoms with Crippen molar-refractivity contribution in [1.29, 1.82) is 0 Å². The van der Waals surface area contributed by atoms with Crippen molar-refractivity contribution in [3.63, 3.8) is 0 Å². The van der Waals surface area contributed by atoms with Crippen LogP contribution in [0.2, 0.25) is 0 Å². The van der Waals surface area contributed by atoms with Crippen LogP contribution in [0.3, 0.4) is 0 Å². The molecule has 0 fully saturated rings. The number of halogens is 4. The molecule has 1 aromatic heterocycles. The summed E-state index contributed by atoms with van der Waals surface area (Å²) in [6.45, 7) is 4.51. The van der Waals surface area contributed by atoms with Gasteiger partial charge in [0.25, 0.3) is 0 Å². The van der Waals surface area contributed by atoms with E-state index in [2.05, 4.69) is 10.3 Å². The van der Waals surface area contributed by atoms with E-state index in [1.807, 2.05) is 13.8 Å². The summed E-state index contributed by atoms with van der Waals surface area (Å²) in [5.74, 6) is 0.748. The lowest BCUT2D eigenvalue weighted by atomic mass is 9.90. The van der Waals surface area contributed by atoms with Crippen LogP contribution in [0.15, 0.2) is 18.3 Å². The van der Waals surface area contributed by atoms with Gasteiger partial charge in [-0.3, -0.25) is 0 Å². The Balaban J connectivity index is 2.69. The summed E-state index contributed by atoms with van der Waals surface area (Å²) in [5, 5.41) is 2.91. The Hall–Kier alpha value is -0.970. The number of pyridine rings is 1. The van der Waals surface area contributed by atoms with Gasteiger partial charge in [-0.2, -0.15) is 13.2 Å². The molecule has 0 saturated carbocycles. The van der Waals surface area contributed by atoms with Crippen molar-refractivity contribution in [2.75, 3.05) is 17.7 Å². The number of nitrogens with zero attached hydrogens (tertiary/aromatic N) is 1. The van der Waals surface area contributed by atoms with E-state index in [1.165, 1.54) is 0 Å². The minimum absolute atomic E-state index is 0.0856. The molecule has 0 aromatic carbocycles.